The first-order chi connectivity index (χ1) is 12.9. The normalized spacial score (nSPS) is 16.2. The number of hydrogen-bond donors (Lipinski definition) is 1. The van der Waals surface area contributed by atoms with E-state index in [-0.39, 0.29) is 22.7 Å². The van der Waals surface area contributed by atoms with E-state index in [0.29, 0.717) is 18.8 Å². The molecule has 1 aromatic carbocycles. The van der Waals surface area contributed by atoms with Gasteiger partial charge in [-0.15, -0.1) is 0 Å². The monoisotopic (exact) mass is 415 g/mol. The number of carbonyl (C=O) groups is 1. The average Bonchev–Trinajstić information content (AvgIpc) is 2.99. The zero-order chi connectivity index (χ0) is 19.3. The number of halogens is 3. The SMILES string of the molecule is O=C(Nc1ccc(SC(F)(F)F)cc1)N1CCCN(Cc2ccsc2)CC1. The minimum Gasteiger partial charge on any atom is -0.323 e. The molecule has 0 spiro atoms. The van der Waals surface area contributed by atoms with Gasteiger partial charge in [-0.2, -0.15) is 24.5 Å². The molecule has 1 aliphatic rings. The Balaban J connectivity index is 1.50. The summed E-state index contributed by atoms with van der Waals surface area (Å²) in [5.74, 6) is 0. The third-order valence-electron chi connectivity index (χ3n) is 4.20. The van der Waals surface area contributed by atoms with E-state index in [1.54, 1.807) is 16.2 Å². The van der Waals surface area contributed by atoms with Crippen molar-refractivity contribution in [3.63, 3.8) is 0 Å². The number of nitrogens with one attached hydrogen (secondary N) is 1. The van der Waals surface area contributed by atoms with Gasteiger partial charge >= 0.3 is 11.5 Å². The molecule has 27 heavy (non-hydrogen) atoms. The van der Waals surface area contributed by atoms with Crippen molar-refractivity contribution in [2.45, 2.75) is 23.4 Å². The Bertz CT molecular complexity index is 735. The Morgan fingerprint density at radius 3 is 2.56 bits per heavy atom. The number of hydrogen-bond acceptors (Lipinski definition) is 4. The number of carbonyl (C=O) groups excluding carboxylic acids is 1. The van der Waals surface area contributed by atoms with Crippen LogP contribution in [0.5, 0.6) is 0 Å². The maximum Gasteiger partial charge on any atom is 0.446 e. The fourth-order valence-electron chi connectivity index (χ4n) is 2.92. The second-order valence-corrected chi connectivity index (χ2v) is 8.17. The molecule has 2 amide bonds. The predicted octanol–water partition coefficient (Wildman–Crippen LogP) is 5.10. The quantitative estimate of drug-likeness (QED) is 0.706. The molecule has 1 aromatic heterocycles. The molecule has 0 saturated carbocycles. The largest absolute Gasteiger partial charge is 0.446 e. The highest BCUT2D eigenvalue weighted by atomic mass is 32.2. The number of nitrogens with zero attached hydrogens (tertiary/aromatic N) is 2. The lowest BCUT2D eigenvalue weighted by Gasteiger charge is -2.22. The van der Waals surface area contributed by atoms with Crippen molar-refractivity contribution in [2.24, 2.45) is 0 Å². The van der Waals surface area contributed by atoms with Crippen LogP contribution < -0.4 is 5.32 Å². The molecular formula is C18H20F3N3OS2. The van der Waals surface area contributed by atoms with Gasteiger partial charge < -0.3 is 10.2 Å². The lowest BCUT2D eigenvalue weighted by atomic mass is 10.3. The lowest BCUT2D eigenvalue weighted by Crippen LogP contribution is -2.38. The minimum absolute atomic E-state index is 0.0966. The molecule has 4 nitrogen and oxygen atoms in total. The average molecular weight is 416 g/mol. The number of thiophene rings is 1. The molecule has 1 fully saturated rings. The van der Waals surface area contributed by atoms with Crippen molar-refractivity contribution in [1.29, 1.82) is 0 Å². The number of anilines is 1. The molecule has 3 rings (SSSR count). The van der Waals surface area contributed by atoms with Crippen LogP contribution in [-0.2, 0) is 6.54 Å². The molecule has 0 atom stereocenters. The van der Waals surface area contributed by atoms with Crippen LogP contribution >= 0.6 is 23.1 Å². The Labute approximate surface area is 164 Å². The van der Waals surface area contributed by atoms with Crippen molar-refractivity contribution in [2.75, 3.05) is 31.5 Å². The van der Waals surface area contributed by atoms with Crippen LogP contribution in [0.2, 0.25) is 0 Å². The third kappa shape index (κ3) is 6.44. The van der Waals surface area contributed by atoms with Gasteiger partial charge in [0.2, 0.25) is 0 Å². The van der Waals surface area contributed by atoms with Crippen molar-refractivity contribution in [3.05, 3.63) is 46.7 Å². The molecule has 0 aliphatic carbocycles. The van der Waals surface area contributed by atoms with Crippen molar-refractivity contribution >= 4 is 34.8 Å². The summed E-state index contributed by atoms with van der Waals surface area (Å²) in [5, 5.41) is 6.97. The van der Waals surface area contributed by atoms with E-state index in [4.69, 9.17) is 0 Å². The second kappa shape index (κ2) is 8.99. The number of alkyl halides is 3. The van der Waals surface area contributed by atoms with E-state index in [0.717, 1.165) is 26.1 Å². The maximum atomic E-state index is 12.5. The molecule has 2 heterocycles. The van der Waals surface area contributed by atoms with Crippen LogP contribution in [-0.4, -0.2) is 47.5 Å². The fraction of sp³-hybridized carbons (Fsp3) is 0.389. The molecule has 0 bridgehead atoms. The summed E-state index contributed by atoms with van der Waals surface area (Å²) < 4.78 is 37.1. The first-order valence-electron chi connectivity index (χ1n) is 8.54. The lowest BCUT2D eigenvalue weighted by molar-refractivity contribution is -0.0328. The molecule has 1 N–H and O–H groups in total. The standard InChI is InChI=1S/C18H20F3N3OS2/c19-18(20,21)27-16-4-2-15(3-5-16)22-17(25)24-8-1-7-23(9-10-24)12-14-6-11-26-13-14/h2-6,11,13H,1,7-10,12H2,(H,22,25). The Kier molecular flexibility index (Phi) is 6.67. The summed E-state index contributed by atoms with van der Waals surface area (Å²) >= 11 is 1.51. The number of rotatable bonds is 4. The van der Waals surface area contributed by atoms with Crippen molar-refractivity contribution in [3.8, 4) is 0 Å². The number of amides is 2. The van der Waals surface area contributed by atoms with Gasteiger partial charge in [0.25, 0.3) is 0 Å². The van der Waals surface area contributed by atoms with Gasteiger partial charge in [-0.05, 0) is 64.8 Å². The number of benzene rings is 1. The van der Waals surface area contributed by atoms with E-state index >= 15 is 0 Å². The third-order valence-corrected chi connectivity index (χ3v) is 5.67. The Morgan fingerprint density at radius 2 is 1.89 bits per heavy atom. The molecule has 1 saturated heterocycles. The zero-order valence-corrected chi connectivity index (χ0v) is 16.2. The van der Waals surface area contributed by atoms with Crippen LogP contribution in [0.4, 0.5) is 23.7 Å². The smallest absolute Gasteiger partial charge is 0.323 e. The topological polar surface area (TPSA) is 35.6 Å². The first kappa shape index (κ1) is 20.0. The summed E-state index contributed by atoms with van der Waals surface area (Å²) in [7, 11) is 0. The molecule has 2 aromatic rings. The molecule has 0 unspecified atom stereocenters. The first-order valence-corrected chi connectivity index (χ1v) is 10.3. The van der Waals surface area contributed by atoms with Crippen molar-refractivity contribution in [1.82, 2.24) is 9.80 Å². The highest BCUT2D eigenvalue weighted by Crippen LogP contribution is 2.37. The second-order valence-electron chi connectivity index (χ2n) is 6.25. The van der Waals surface area contributed by atoms with E-state index in [9.17, 15) is 18.0 Å². The van der Waals surface area contributed by atoms with Gasteiger partial charge in [-0.1, -0.05) is 0 Å². The summed E-state index contributed by atoms with van der Waals surface area (Å²) in [5.41, 5.74) is -2.54. The summed E-state index contributed by atoms with van der Waals surface area (Å²) in [6.45, 7) is 3.90. The number of thioether (sulfide) groups is 1. The highest BCUT2D eigenvalue weighted by Gasteiger charge is 2.29. The molecule has 1 aliphatic heterocycles. The van der Waals surface area contributed by atoms with E-state index < -0.39 is 5.51 Å². The predicted molar refractivity (Wildman–Crippen MR) is 103 cm³/mol. The molecule has 146 valence electrons. The molecule has 0 radical (unpaired) electrons. The minimum atomic E-state index is -4.31. The van der Waals surface area contributed by atoms with Gasteiger partial charge in [0.1, 0.15) is 0 Å². The molecular weight excluding hydrogens is 395 g/mol. The van der Waals surface area contributed by atoms with Gasteiger partial charge in [0.15, 0.2) is 0 Å². The van der Waals surface area contributed by atoms with Gasteiger partial charge in [0, 0.05) is 43.3 Å². The fourth-order valence-corrected chi connectivity index (χ4v) is 4.11. The van der Waals surface area contributed by atoms with Crippen LogP contribution in [0, 0.1) is 0 Å². The van der Waals surface area contributed by atoms with E-state index in [1.165, 1.54) is 29.8 Å². The van der Waals surface area contributed by atoms with Gasteiger partial charge in [-0.25, -0.2) is 4.79 Å². The Hall–Kier alpha value is -1.71. The van der Waals surface area contributed by atoms with Crippen LogP contribution in [0.25, 0.3) is 0 Å². The van der Waals surface area contributed by atoms with Crippen molar-refractivity contribution < 1.29 is 18.0 Å². The van der Waals surface area contributed by atoms with E-state index in [2.05, 4.69) is 27.0 Å². The van der Waals surface area contributed by atoms with Crippen LogP contribution in [0.3, 0.4) is 0 Å². The number of urea groups is 1. The van der Waals surface area contributed by atoms with E-state index in [1.807, 2.05) is 0 Å². The zero-order valence-electron chi connectivity index (χ0n) is 14.5. The maximum absolute atomic E-state index is 12.5. The van der Waals surface area contributed by atoms with Crippen LogP contribution in [0.1, 0.15) is 12.0 Å². The van der Waals surface area contributed by atoms with Gasteiger partial charge in [0.05, 0.1) is 0 Å². The summed E-state index contributed by atoms with van der Waals surface area (Å²) in [6.07, 6.45) is 0.888. The highest BCUT2D eigenvalue weighted by molar-refractivity contribution is 8.00. The van der Waals surface area contributed by atoms with Crippen LogP contribution in [0.15, 0.2) is 46.0 Å². The van der Waals surface area contributed by atoms with Gasteiger partial charge in [-0.3, -0.25) is 4.90 Å². The Morgan fingerprint density at radius 1 is 1.11 bits per heavy atom. The molecule has 9 heteroatoms. The summed E-state index contributed by atoms with van der Waals surface area (Å²) in [6, 6.07) is 7.60. The summed E-state index contributed by atoms with van der Waals surface area (Å²) in [4.78, 5) is 16.7.